The van der Waals surface area contributed by atoms with Gasteiger partial charge in [0.15, 0.2) is 5.78 Å². The summed E-state index contributed by atoms with van der Waals surface area (Å²) in [5.74, 6) is -0.878. The molecule has 2 fully saturated rings. The lowest BCUT2D eigenvalue weighted by molar-refractivity contribution is -0.141. The molecule has 216 valence electrons. The van der Waals surface area contributed by atoms with Crippen molar-refractivity contribution in [2.24, 2.45) is 5.41 Å². The van der Waals surface area contributed by atoms with Crippen molar-refractivity contribution in [3.63, 3.8) is 0 Å². The molecule has 1 unspecified atom stereocenters. The molecule has 1 aliphatic carbocycles. The standard InChI is InChI=1S/C29H26F3N7O3/c1-15(40)26-19-9-17(18-12-33-16(2)34-13-18)7-8-20(19)38(37-26)14-25(41)39-21(10-28(3)11-23(28)39)27(42)36-24-6-4-5-22(35-24)29(30,31)32/h4-9,12-13,21,23H,10-11,14H2,1-3H3,(H,35,36,42)/t21-,23?,28-/m0/s1. The highest BCUT2D eigenvalue weighted by atomic mass is 19.4. The number of aryl methyl sites for hydroxylation is 1. The van der Waals surface area contributed by atoms with E-state index in [4.69, 9.17) is 0 Å². The minimum absolute atomic E-state index is 0.183. The Morgan fingerprint density at radius 1 is 1.07 bits per heavy atom. The van der Waals surface area contributed by atoms with Gasteiger partial charge in [-0.15, -0.1) is 0 Å². The average molecular weight is 578 g/mol. The minimum Gasteiger partial charge on any atom is -0.325 e. The Bertz CT molecular complexity index is 1750. The first kappa shape index (κ1) is 27.5. The van der Waals surface area contributed by atoms with Crippen molar-refractivity contribution in [2.75, 3.05) is 5.32 Å². The van der Waals surface area contributed by atoms with Gasteiger partial charge < -0.3 is 10.2 Å². The Hall–Kier alpha value is -4.68. The Labute approximate surface area is 238 Å². The number of aromatic nitrogens is 5. The summed E-state index contributed by atoms with van der Waals surface area (Å²) in [6.07, 6.45) is -0.208. The summed E-state index contributed by atoms with van der Waals surface area (Å²) in [5, 5.41) is 7.47. The van der Waals surface area contributed by atoms with E-state index in [9.17, 15) is 27.6 Å². The Balaban J connectivity index is 1.27. The van der Waals surface area contributed by atoms with E-state index in [1.54, 1.807) is 31.5 Å². The second-order valence-electron chi connectivity index (χ2n) is 11.1. The maximum atomic E-state index is 13.7. The van der Waals surface area contributed by atoms with Crippen molar-refractivity contribution in [1.82, 2.24) is 29.6 Å². The molecule has 13 heteroatoms. The van der Waals surface area contributed by atoms with E-state index in [1.807, 2.05) is 13.0 Å². The number of fused-ring (bicyclic) bond motifs is 2. The van der Waals surface area contributed by atoms with Crippen LogP contribution in [-0.4, -0.2) is 59.3 Å². The number of halogens is 3. The molecule has 0 bridgehead atoms. The Kier molecular flexibility index (Phi) is 6.35. The summed E-state index contributed by atoms with van der Waals surface area (Å²) >= 11 is 0. The van der Waals surface area contributed by atoms with Gasteiger partial charge in [-0.05, 0) is 55.0 Å². The summed E-state index contributed by atoms with van der Waals surface area (Å²) in [4.78, 5) is 52.9. The predicted octanol–water partition coefficient (Wildman–Crippen LogP) is 4.44. The number of rotatable bonds is 6. The fourth-order valence-corrected chi connectivity index (χ4v) is 5.72. The summed E-state index contributed by atoms with van der Waals surface area (Å²) in [6, 6.07) is 7.58. The summed E-state index contributed by atoms with van der Waals surface area (Å²) in [6.45, 7) is 4.92. The van der Waals surface area contributed by atoms with Crippen LogP contribution in [0.5, 0.6) is 0 Å². The third kappa shape index (κ3) is 4.88. The van der Waals surface area contributed by atoms with Gasteiger partial charge in [-0.2, -0.15) is 18.3 Å². The molecule has 2 amide bonds. The number of hydrogen-bond acceptors (Lipinski definition) is 7. The minimum atomic E-state index is -4.66. The second kappa shape index (κ2) is 9.71. The number of hydrogen-bond donors (Lipinski definition) is 1. The molecule has 1 N–H and O–H groups in total. The number of likely N-dealkylation sites (tertiary alicyclic amines) is 1. The highest BCUT2D eigenvalue weighted by Gasteiger charge is 2.64. The first-order valence-corrected chi connectivity index (χ1v) is 13.3. The number of piperidine rings is 1. The van der Waals surface area contributed by atoms with E-state index in [0.717, 1.165) is 23.3 Å². The average Bonchev–Trinajstić information content (AvgIpc) is 3.30. The molecule has 0 spiro atoms. The summed E-state index contributed by atoms with van der Waals surface area (Å²) in [7, 11) is 0. The van der Waals surface area contributed by atoms with Crippen LogP contribution in [0.3, 0.4) is 0 Å². The van der Waals surface area contributed by atoms with E-state index in [1.165, 1.54) is 22.6 Å². The number of nitrogens with one attached hydrogen (secondary N) is 1. The molecule has 1 saturated carbocycles. The first-order valence-electron chi connectivity index (χ1n) is 13.3. The molecule has 42 heavy (non-hydrogen) atoms. The van der Waals surface area contributed by atoms with Gasteiger partial charge in [0, 0.05) is 36.3 Å². The van der Waals surface area contributed by atoms with E-state index in [-0.39, 0.29) is 41.2 Å². The number of nitrogens with zero attached hydrogens (tertiary/aromatic N) is 6. The van der Waals surface area contributed by atoms with Crippen molar-refractivity contribution >= 4 is 34.3 Å². The van der Waals surface area contributed by atoms with Crippen molar-refractivity contribution in [2.45, 2.75) is 58.4 Å². The van der Waals surface area contributed by atoms with E-state index in [0.29, 0.717) is 29.6 Å². The molecular formula is C29H26F3N7O3. The summed E-state index contributed by atoms with van der Waals surface area (Å²) < 4.78 is 40.8. The number of alkyl halides is 3. The number of amides is 2. The van der Waals surface area contributed by atoms with Crippen LogP contribution in [0.2, 0.25) is 0 Å². The van der Waals surface area contributed by atoms with Crippen LogP contribution in [0.15, 0.2) is 48.8 Å². The number of ketones is 1. The zero-order chi connectivity index (χ0) is 30.0. The zero-order valence-corrected chi connectivity index (χ0v) is 22.9. The van der Waals surface area contributed by atoms with Gasteiger partial charge in [-0.25, -0.2) is 15.0 Å². The van der Waals surface area contributed by atoms with Crippen LogP contribution in [0.1, 0.15) is 48.7 Å². The van der Waals surface area contributed by atoms with E-state index in [2.05, 4.69) is 25.4 Å². The number of benzene rings is 1. The van der Waals surface area contributed by atoms with Crippen LogP contribution < -0.4 is 5.32 Å². The van der Waals surface area contributed by atoms with Crippen molar-refractivity contribution in [3.8, 4) is 11.1 Å². The number of carbonyl (C=O) groups excluding carboxylic acids is 3. The first-order chi connectivity index (χ1) is 19.8. The predicted molar refractivity (Wildman–Crippen MR) is 145 cm³/mol. The van der Waals surface area contributed by atoms with Crippen molar-refractivity contribution < 1.29 is 27.6 Å². The Morgan fingerprint density at radius 2 is 1.81 bits per heavy atom. The molecule has 4 aromatic rings. The van der Waals surface area contributed by atoms with Gasteiger partial charge in [0.25, 0.3) is 0 Å². The summed E-state index contributed by atoms with van der Waals surface area (Å²) in [5.41, 5.74) is 0.923. The fraction of sp³-hybridized carbons (Fsp3) is 0.345. The van der Waals surface area contributed by atoms with Crippen LogP contribution in [0, 0.1) is 12.3 Å². The zero-order valence-electron chi connectivity index (χ0n) is 22.9. The van der Waals surface area contributed by atoms with Crippen LogP contribution >= 0.6 is 0 Å². The Morgan fingerprint density at radius 3 is 2.50 bits per heavy atom. The van der Waals surface area contributed by atoms with Crippen molar-refractivity contribution in [3.05, 3.63) is 66.0 Å². The molecule has 1 aliphatic heterocycles. The number of pyridine rings is 1. The van der Waals surface area contributed by atoms with Gasteiger partial charge in [-0.1, -0.05) is 19.1 Å². The largest absolute Gasteiger partial charge is 0.433 e. The third-order valence-corrected chi connectivity index (χ3v) is 8.00. The third-order valence-electron chi connectivity index (χ3n) is 8.00. The molecule has 2 aliphatic rings. The highest BCUT2D eigenvalue weighted by molar-refractivity contribution is 6.06. The monoisotopic (exact) mass is 577 g/mol. The fourth-order valence-electron chi connectivity index (χ4n) is 5.72. The maximum Gasteiger partial charge on any atom is 0.433 e. The van der Waals surface area contributed by atoms with Crippen LogP contribution in [0.25, 0.3) is 22.0 Å². The molecule has 0 radical (unpaired) electrons. The number of anilines is 1. The van der Waals surface area contributed by atoms with Gasteiger partial charge in [0.1, 0.15) is 35.6 Å². The molecule has 10 nitrogen and oxygen atoms in total. The van der Waals surface area contributed by atoms with Gasteiger partial charge in [0.05, 0.1) is 5.52 Å². The molecule has 6 rings (SSSR count). The van der Waals surface area contributed by atoms with Gasteiger partial charge >= 0.3 is 6.18 Å². The number of carbonyl (C=O) groups is 3. The quantitative estimate of drug-likeness (QED) is 0.336. The van der Waals surface area contributed by atoms with Crippen LogP contribution in [-0.2, 0) is 22.3 Å². The van der Waals surface area contributed by atoms with Crippen molar-refractivity contribution in [1.29, 1.82) is 0 Å². The SMILES string of the molecule is CC(=O)c1nn(CC(=O)N2C3C[C@]3(C)C[C@H]2C(=O)Nc2cccc(C(F)(F)F)n2)c2ccc(-c3cnc(C)nc3)cc12. The molecule has 3 atom stereocenters. The molecule has 4 heterocycles. The second-order valence-corrected chi connectivity index (χ2v) is 11.1. The smallest absolute Gasteiger partial charge is 0.325 e. The lowest BCUT2D eigenvalue weighted by atomic mass is 10.0. The van der Waals surface area contributed by atoms with Crippen LogP contribution in [0.4, 0.5) is 19.0 Å². The maximum absolute atomic E-state index is 13.7. The molecule has 1 saturated heterocycles. The topological polar surface area (TPSA) is 123 Å². The van der Waals surface area contributed by atoms with E-state index >= 15 is 0 Å². The normalized spacial score (nSPS) is 21.3. The van der Waals surface area contributed by atoms with Gasteiger partial charge in [-0.3, -0.25) is 19.1 Å². The molecular weight excluding hydrogens is 551 g/mol. The van der Waals surface area contributed by atoms with Gasteiger partial charge in [0.2, 0.25) is 11.8 Å². The van der Waals surface area contributed by atoms with E-state index < -0.39 is 23.8 Å². The number of Topliss-reactive ketones (excluding diaryl/α,β-unsaturated/α-hetero) is 1. The molecule has 3 aromatic heterocycles. The lowest BCUT2D eigenvalue weighted by Gasteiger charge is -2.27. The highest BCUT2D eigenvalue weighted by Crippen LogP contribution is 2.59. The lowest BCUT2D eigenvalue weighted by Crippen LogP contribution is -2.46. The molecule has 1 aromatic carbocycles.